The Labute approximate surface area is 114 Å². The van der Waals surface area contributed by atoms with Crippen molar-refractivity contribution in [3.63, 3.8) is 0 Å². The maximum Gasteiger partial charge on any atom is 0.269 e. The van der Waals surface area contributed by atoms with E-state index in [1.165, 1.54) is 12.8 Å². The maximum atomic E-state index is 10.6. The number of rotatable bonds is 4. The van der Waals surface area contributed by atoms with E-state index < -0.39 is 0 Å². The molecule has 1 aliphatic rings. The number of hydrogen-bond acceptors (Lipinski definition) is 3. The van der Waals surface area contributed by atoms with Crippen LogP contribution in [0, 0.1) is 16.0 Å². The van der Waals surface area contributed by atoms with Crippen LogP contribution in [0.3, 0.4) is 0 Å². The fourth-order valence-electron chi connectivity index (χ4n) is 2.76. The number of non-ortho nitro benzene ring substituents is 1. The average molecular weight is 262 g/mol. The smallest absolute Gasteiger partial charge is 0.269 e. The van der Waals surface area contributed by atoms with Gasteiger partial charge in [-0.3, -0.25) is 10.1 Å². The third-order valence-corrected chi connectivity index (χ3v) is 4.33. The van der Waals surface area contributed by atoms with Crippen molar-refractivity contribution in [3.8, 4) is 0 Å². The first-order chi connectivity index (χ1) is 8.98. The van der Waals surface area contributed by atoms with Gasteiger partial charge in [-0.25, -0.2) is 0 Å². The van der Waals surface area contributed by atoms with Crippen molar-refractivity contribution in [3.05, 3.63) is 39.9 Å². The summed E-state index contributed by atoms with van der Waals surface area (Å²) in [5.41, 5.74) is 7.69. The van der Waals surface area contributed by atoms with Gasteiger partial charge in [-0.1, -0.05) is 19.1 Å². The van der Waals surface area contributed by atoms with E-state index in [9.17, 15) is 10.1 Å². The molecule has 1 aliphatic carbocycles. The molecule has 0 unspecified atom stereocenters. The minimum absolute atomic E-state index is 0.0334. The van der Waals surface area contributed by atoms with Gasteiger partial charge in [-0.05, 0) is 50.0 Å². The maximum absolute atomic E-state index is 10.6. The van der Waals surface area contributed by atoms with Crippen LogP contribution in [0.5, 0.6) is 0 Å². The van der Waals surface area contributed by atoms with Crippen molar-refractivity contribution >= 4 is 5.69 Å². The van der Waals surface area contributed by atoms with Crippen LogP contribution in [0.1, 0.15) is 44.6 Å². The van der Waals surface area contributed by atoms with E-state index >= 15 is 0 Å². The van der Waals surface area contributed by atoms with Crippen molar-refractivity contribution < 1.29 is 4.92 Å². The van der Waals surface area contributed by atoms with Crippen molar-refractivity contribution in [1.82, 2.24) is 0 Å². The minimum atomic E-state index is -0.364. The summed E-state index contributed by atoms with van der Waals surface area (Å²) in [6, 6.07) is 6.82. The van der Waals surface area contributed by atoms with Crippen molar-refractivity contribution in [1.29, 1.82) is 0 Å². The van der Waals surface area contributed by atoms with Crippen LogP contribution >= 0.6 is 0 Å². The summed E-state index contributed by atoms with van der Waals surface area (Å²) in [6.45, 7) is 2.29. The Bertz CT molecular complexity index is 434. The Kier molecular flexibility index (Phi) is 4.20. The van der Waals surface area contributed by atoms with Crippen LogP contribution in [0.25, 0.3) is 0 Å². The second-order valence-corrected chi connectivity index (χ2v) is 5.97. The van der Waals surface area contributed by atoms with Crippen molar-refractivity contribution in [2.75, 3.05) is 0 Å². The molecule has 19 heavy (non-hydrogen) atoms. The first-order valence-corrected chi connectivity index (χ1v) is 7.01. The van der Waals surface area contributed by atoms with Gasteiger partial charge in [0.25, 0.3) is 5.69 Å². The Hall–Kier alpha value is -1.42. The third-order valence-electron chi connectivity index (χ3n) is 4.33. The first kappa shape index (κ1) is 14.0. The Morgan fingerprint density at radius 3 is 2.42 bits per heavy atom. The molecule has 0 saturated heterocycles. The van der Waals surface area contributed by atoms with Crippen molar-refractivity contribution in [2.45, 2.75) is 51.0 Å². The Morgan fingerprint density at radius 2 is 1.89 bits per heavy atom. The van der Waals surface area contributed by atoms with E-state index in [4.69, 9.17) is 5.73 Å². The van der Waals surface area contributed by atoms with Gasteiger partial charge in [0, 0.05) is 17.7 Å². The van der Waals surface area contributed by atoms with Gasteiger partial charge in [0.05, 0.1) is 4.92 Å². The molecule has 2 N–H and O–H groups in total. The molecule has 1 aromatic carbocycles. The SMILES string of the molecule is CC1CCC(N)(CCc2ccc([N+](=O)[O-])cc2)CC1. The van der Waals surface area contributed by atoms with E-state index in [0.717, 1.165) is 37.2 Å². The van der Waals surface area contributed by atoms with Gasteiger partial charge < -0.3 is 5.73 Å². The molecule has 0 aromatic heterocycles. The predicted octanol–water partition coefficient (Wildman–Crippen LogP) is 3.44. The van der Waals surface area contributed by atoms with Gasteiger partial charge in [-0.2, -0.15) is 0 Å². The summed E-state index contributed by atoms with van der Waals surface area (Å²) in [5.74, 6) is 0.802. The molecule has 4 heteroatoms. The molecule has 0 aliphatic heterocycles. The van der Waals surface area contributed by atoms with Gasteiger partial charge in [0.2, 0.25) is 0 Å². The molecule has 104 valence electrons. The second kappa shape index (κ2) is 5.70. The lowest BCUT2D eigenvalue weighted by molar-refractivity contribution is -0.384. The van der Waals surface area contributed by atoms with Gasteiger partial charge in [0.15, 0.2) is 0 Å². The topological polar surface area (TPSA) is 69.2 Å². The fourth-order valence-corrected chi connectivity index (χ4v) is 2.76. The van der Waals surface area contributed by atoms with E-state index in [1.54, 1.807) is 12.1 Å². The standard InChI is InChI=1S/C15H22N2O2/c1-12-6-9-15(16,10-7-12)11-8-13-2-4-14(5-3-13)17(18)19/h2-5,12H,6-11,16H2,1H3. The van der Waals surface area contributed by atoms with E-state index in [1.807, 2.05) is 12.1 Å². The molecule has 0 heterocycles. The average Bonchev–Trinajstić information content (AvgIpc) is 2.41. The third kappa shape index (κ3) is 3.77. The summed E-state index contributed by atoms with van der Waals surface area (Å²) < 4.78 is 0. The molecule has 1 aromatic rings. The highest BCUT2D eigenvalue weighted by atomic mass is 16.6. The molecule has 4 nitrogen and oxygen atoms in total. The number of nitrogens with zero attached hydrogens (tertiary/aromatic N) is 1. The summed E-state index contributed by atoms with van der Waals surface area (Å²) in [6.07, 6.45) is 6.51. The molecule has 1 fully saturated rings. The summed E-state index contributed by atoms with van der Waals surface area (Å²) in [7, 11) is 0. The predicted molar refractivity (Wildman–Crippen MR) is 76.0 cm³/mol. The number of benzene rings is 1. The van der Waals surface area contributed by atoms with E-state index in [0.29, 0.717) is 0 Å². The normalized spacial score (nSPS) is 27.2. The zero-order valence-corrected chi connectivity index (χ0v) is 11.5. The van der Waals surface area contributed by atoms with E-state index in [-0.39, 0.29) is 16.1 Å². The molecule has 0 bridgehead atoms. The summed E-state index contributed by atoms with van der Waals surface area (Å²) in [4.78, 5) is 10.2. The highest BCUT2D eigenvalue weighted by molar-refractivity contribution is 5.33. The number of aryl methyl sites for hydroxylation is 1. The van der Waals surface area contributed by atoms with E-state index in [2.05, 4.69) is 6.92 Å². The van der Waals surface area contributed by atoms with Gasteiger partial charge in [-0.15, -0.1) is 0 Å². The molecule has 0 radical (unpaired) electrons. The number of nitrogens with two attached hydrogens (primary N) is 1. The zero-order chi connectivity index (χ0) is 13.9. The minimum Gasteiger partial charge on any atom is -0.325 e. The number of nitro groups is 1. The Morgan fingerprint density at radius 1 is 1.32 bits per heavy atom. The van der Waals surface area contributed by atoms with Gasteiger partial charge >= 0.3 is 0 Å². The lowest BCUT2D eigenvalue weighted by Gasteiger charge is -2.36. The second-order valence-electron chi connectivity index (χ2n) is 5.97. The van der Waals surface area contributed by atoms with Crippen LogP contribution in [-0.2, 0) is 6.42 Å². The molecule has 0 amide bonds. The molecular formula is C15H22N2O2. The van der Waals surface area contributed by atoms with Crippen LogP contribution in [-0.4, -0.2) is 10.5 Å². The van der Waals surface area contributed by atoms with Crippen molar-refractivity contribution in [2.24, 2.45) is 11.7 Å². The fraction of sp³-hybridized carbons (Fsp3) is 0.600. The van der Waals surface area contributed by atoms with Crippen LogP contribution in [0.15, 0.2) is 24.3 Å². The Balaban J connectivity index is 1.89. The monoisotopic (exact) mass is 262 g/mol. The van der Waals surface area contributed by atoms with Crippen LogP contribution in [0.4, 0.5) is 5.69 Å². The highest BCUT2D eigenvalue weighted by Gasteiger charge is 2.29. The van der Waals surface area contributed by atoms with Crippen LogP contribution < -0.4 is 5.73 Å². The molecule has 2 rings (SSSR count). The number of hydrogen-bond donors (Lipinski definition) is 1. The zero-order valence-electron chi connectivity index (χ0n) is 11.5. The highest BCUT2D eigenvalue weighted by Crippen LogP contribution is 2.33. The molecule has 1 saturated carbocycles. The molecular weight excluding hydrogens is 240 g/mol. The van der Waals surface area contributed by atoms with Crippen LogP contribution in [0.2, 0.25) is 0 Å². The first-order valence-electron chi connectivity index (χ1n) is 7.01. The summed E-state index contributed by atoms with van der Waals surface area (Å²) in [5, 5.41) is 10.6. The summed E-state index contributed by atoms with van der Waals surface area (Å²) >= 11 is 0. The molecule has 0 spiro atoms. The lowest BCUT2D eigenvalue weighted by Crippen LogP contribution is -2.43. The quantitative estimate of drug-likeness (QED) is 0.667. The van der Waals surface area contributed by atoms with Gasteiger partial charge in [0.1, 0.15) is 0 Å². The molecule has 0 atom stereocenters. The lowest BCUT2D eigenvalue weighted by atomic mass is 9.75. The number of nitro benzene ring substituents is 1. The largest absolute Gasteiger partial charge is 0.325 e.